The number of nitrogens with one attached hydrogen (secondary N) is 2. The van der Waals surface area contributed by atoms with Gasteiger partial charge >= 0.3 is 5.97 Å². The highest BCUT2D eigenvalue weighted by Gasteiger charge is 2.12. The van der Waals surface area contributed by atoms with Crippen LogP contribution in [0.5, 0.6) is 0 Å². The molecule has 4 aromatic rings. The minimum Gasteiger partial charge on any atom is -0.478 e. The number of nitrogens with zero attached hydrogens (tertiary/aromatic N) is 1. The van der Waals surface area contributed by atoms with Gasteiger partial charge in [0.2, 0.25) is 0 Å². The fourth-order valence-corrected chi connectivity index (χ4v) is 3.03. The summed E-state index contributed by atoms with van der Waals surface area (Å²) in [5, 5.41) is 19.7. The van der Waals surface area contributed by atoms with E-state index in [1.807, 2.05) is 0 Å². The molecule has 4 rings (SSSR count). The highest BCUT2D eigenvalue weighted by molar-refractivity contribution is 6.01. The molecule has 1 heterocycles. The largest absolute Gasteiger partial charge is 0.478 e. The molecule has 0 radical (unpaired) electrons. The van der Waals surface area contributed by atoms with Crippen molar-refractivity contribution < 1.29 is 19.1 Å². The van der Waals surface area contributed by atoms with Crippen LogP contribution in [0.1, 0.15) is 26.3 Å². The molecule has 3 N–H and O–H groups in total. The number of fused-ring (bicyclic) bond motifs is 1. The molecule has 0 saturated carbocycles. The number of H-pyrrole nitrogens is 1. The van der Waals surface area contributed by atoms with Crippen molar-refractivity contribution in [3.05, 3.63) is 89.2 Å². The predicted octanol–water partition coefficient (Wildman–Crippen LogP) is 4.00. The van der Waals surface area contributed by atoms with Gasteiger partial charge < -0.3 is 10.4 Å². The van der Waals surface area contributed by atoms with Crippen molar-refractivity contribution in [1.29, 1.82) is 0 Å². The topological polar surface area (TPSA) is 95.1 Å². The van der Waals surface area contributed by atoms with Gasteiger partial charge in [0.1, 0.15) is 5.82 Å². The van der Waals surface area contributed by atoms with Gasteiger partial charge in [-0.3, -0.25) is 9.89 Å². The zero-order chi connectivity index (χ0) is 20.4. The van der Waals surface area contributed by atoms with E-state index in [9.17, 15) is 14.0 Å². The van der Waals surface area contributed by atoms with E-state index in [0.29, 0.717) is 11.3 Å². The molecule has 7 heteroatoms. The predicted molar refractivity (Wildman–Crippen MR) is 106 cm³/mol. The number of rotatable bonds is 5. The van der Waals surface area contributed by atoms with Crippen molar-refractivity contribution in [2.45, 2.75) is 6.54 Å². The van der Waals surface area contributed by atoms with Gasteiger partial charge in [-0.15, -0.1) is 0 Å². The van der Waals surface area contributed by atoms with Gasteiger partial charge in [0.15, 0.2) is 0 Å². The first-order valence-corrected chi connectivity index (χ1v) is 8.86. The quantitative estimate of drug-likeness (QED) is 0.481. The number of hydrogen-bond acceptors (Lipinski definition) is 3. The summed E-state index contributed by atoms with van der Waals surface area (Å²) in [4.78, 5) is 23.5. The van der Waals surface area contributed by atoms with Gasteiger partial charge in [-0.2, -0.15) is 5.10 Å². The Hall–Kier alpha value is -4.00. The molecule has 1 aromatic heterocycles. The molecule has 6 nitrogen and oxygen atoms in total. The Kier molecular flexibility index (Phi) is 4.78. The number of aromatic amines is 1. The van der Waals surface area contributed by atoms with E-state index in [4.69, 9.17) is 5.11 Å². The van der Waals surface area contributed by atoms with Crippen LogP contribution in [0.25, 0.3) is 22.2 Å². The van der Waals surface area contributed by atoms with Crippen molar-refractivity contribution in [2.24, 2.45) is 0 Å². The van der Waals surface area contributed by atoms with Gasteiger partial charge in [-0.1, -0.05) is 12.1 Å². The van der Waals surface area contributed by atoms with Gasteiger partial charge in [-0.25, -0.2) is 9.18 Å². The Balaban J connectivity index is 1.54. The summed E-state index contributed by atoms with van der Waals surface area (Å²) in [7, 11) is 0. The fraction of sp³-hybridized carbons (Fsp3) is 0.0455. The lowest BCUT2D eigenvalue weighted by Gasteiger charge is -2.06. The maximum atomic E-state index is 13.2. The van der Waals surface area contributed by atoms with Crippen LogP contribution in [0.15, 0.2) is 66.7 Å². The molecule has 0 aliphatic heterocycles. The Labute approximate surface area is 165 Å². The first-order valence-electron chi connectivity index (χ1n) is 8.86. The number of hydrogen-bond donors (Lipinski definition) is 3. The number of carbonyl (C=O) groups is 2. The Bertz CT molecular complexity index is 1200. The number of aromatic carboxylic acids is 1. The maximum Gasteiger partial charge on any atom is 0.335 e. The van der Waals surface area contributed by atoms with E-state index >= 15 is 0 Å². The monoisotopic (exact) mass is 389 g/mol. The molecule has 1 amide bonds. The number of benzene rings is 3. The van der Waals surface area contributed by atoms with Crippen LogP contribution in [-0.2, 0) is 6.54 Å². The second-order valence-corrected chi connectivity index (χ2v) is 6.52. The van der Waals surface area contributed by atoms with Crippen molar-refractivity contribution in [2.75, 3.05) is 0 Å². The third-order valence-corrected chi connectivity index (χ3v) is 4.60. The van der Waals surface area contributed by atoms with E-state index in [2.05, 4.69) is 15.5 Å². The molecule has 0 bridgehead atoms. The third kappa shape index (κ3) is 3.84. The molecule has 0 unspecified atom stereocenters. The zero-order valence-corrected chi connectivity index (χ0v) is 15.1. The number of halogens is 1. The van der Waals surface area contributed by atoms with E-state index in [1.165, 1.54) is 24.3 Å². The number of carbonyl (C=O) groups excluding carboxylic acids is 1. The SMILES string of the molecule is O=C(O)c1ccc(CNC(=O)c2ccc3[nH]nc(-c4ccc(F)cc4)c3c2)cc1. The van der Waals surface area contributed by atoms with Crippen molar-refractivity contribution >= 4 is 22.8 Å². The van der Waals surface area contributed by atoms with Gasteiger partial charge in [0.05, 0.1) is 16.8 Å². The summed E-state index contributed by atoms with van der Waals surface area (Å²) in [6, 6.07) is 17.5. The minimum absolute atomic E-state index is 0.193. The summed E-state index contributed by atoms with van der Waals surface area (Å²) in [6.07, 6.45) is 0. The summed E-state index contributed by atoms with van der Waals surface area (Å²) >= 11 is 0. The van der Waals surface area contributed by atoms with Crippen LogP contribution in [0.2, 0.25) is 0 Å². The van der Waals surface area contributed by atoms with E-state index < -0.39 is 5.97 Å². The fourth-order valence-electron chi connectivity index (χ4n) is 3.03. The molecule has 29 heavy (non-hydrogen) atoms. The highest BCUT2D eigenvalue weighted by atomic mass is 19.1. The first-order chi connectivity index (χ1) is 14.0. The Morgan fingerprint density at radius 3 is 2.34 bits per heavy atom. The standard InChI is InChI=1S/C22H16FN3O3/c23-17-8-5-14(6-9-17)20-18-11-16(7-10-19(18)25-26-20)21(27)24-12-13-1-3-15(4-2-13)22(28)29/h1-11H,12H2,(H,24,27)(H,25,26)(H,28,29). The van der Waals surface area contributed by atoms with Crippen LogP contribution in [-0.4, -0.2) is 27.2 Å². The zero-order valence-electron chi connectivity index (χ0n) is 15.1. The van der Waals surface area contributed by atoms with Crippen LogP contribution >= 0.6 is 0 Å². The third-order valence-electron chi connectivity index (χ3n) is 4.60. The lowest BCUT2D eigenvalue weighted by molar-refractivity contribution is 0.0696. The van der Waals surface area contributed by atoms with Crippen LogP contribution in [0.3, 0.4) is 0 Å². The molecule has 0 atom stereocenters. The van der Waals surface area contributed by atoms with Crippen LogP contribution in [0, 0.1) is 5.82 Å². The molecular weight excluding hydrogens is 373 g/mol. The van der Waals surface area contributed by atoms with Crippen LogP contribution in [0.4, 0.5) is 4.39 Å². The van der Waals surface area contributed by atoms with E-state index in [0.717, 1.165) is 22.0 Å². The smallest absolute Gasteiger partial charge is 0.335 e. The average molecular weight is 389 g/mol. The highest BCUT2D eigenvalue weighted by Crippen LogP contribution is 2.27. The summed E-state index contributed by atoms with van der Waals surface area (Å²) in [5.41, 5.74) is 3.60. The Morgan fingerprint density at radius 2 is 1.66 bits per heavy atom. The minimum atomic E-state index is -0.994. The number of carboxylic acid groups (broad SMARTS) is 1. The van der Waals surface area contributed by atoms with Gasteiger partial charge in [-0.05, 0) is 60.2 Å². The van der Waals surface area contributed by atoms with Crippen molar-refractivity contribution in [1.82, 2.24) is 15.5 Å². The second kappa shape index (κ2) is 7.55. The number of aromatic nitrogens is 2. The number of amides is 1. The average Bonchev–Trinajstić information content (AvgIpc) is 3.16. The lowest BCUT2D eigenvalue weighted by atomic mass is 10.1. The summed E-state index contributed by atoms with van der Waals surface area (Å²) < 4.78 is 13.2. The normalized spacial score (nSPS) is 10.8. The molecule has 0 fully saturated rings. The summed E-state index contributed by atoms with van der Waals surface area (Å²) in [5.74, 6) is -1.59. The van der Waals surface area contributed by atoms with E-state index in [-0.39, 0.29) is 23.8 Å². The van der Waals surface area contributed by atoms with Crippen molar-refractivity contribution in [3.63, 3.8) is 0 Å². The van der Waals surface area contributed by atoms with E-state index in [1.54, 1.807) is 42.5 Å². The molecule has 0 spiro atoms. The second-order valence-electron chi connectivity index (χ2n) is 6.52. The number of carboxylic acids is 1. The van der Waals surface area contributed by atoms with Gasteiger partial charge in [0.25, 0.3) is 5.91 Å². The molecule has 0 aliphatic rings. The molecule has 3 aromatic carbocycles. The van der Waals surface area contributed by atoms with Gasteiger partial charge in [0, 0.05) is 23.1 Å². The van der Waals surface area contributed by atoms with Crippen LogP contribution < -0.4 is 5.32 Å². The summed E-state index contributed by atoms with van der Waals surface area (Å²) in [6.45, 7) is 0.271. The molecule has 0 saturated heterocycles. The molecule has 144 valence electrons. The molecule has 0 aliphatic carbocycles. The Morgan fingerprint density at radius 1 is 0.966 bits per heavy atom. The molecular formula is C22H16FN3O3. The maximum absolute atomic E-state index is 13.2. The first kappa shape index (κ1) is 18.4. The van der Waals surface area contributed by atoms with Crippen molar-refractivity contribution in [3.8, 4) is 11.3 Å². The lowest BCUT2D eigenvalue weighted by Crippen LogP contribution is -2.22.